The van der Waals surface area contributed by atoms with Crippen molar-refractivity contribution in [2.24, 2.45) is 5.92 Å². The molecule has 0 spiro atoms. The van der Waals surface area contributed by atoms with Gasteiger partial charge < -0.3 is 5.11 Å². The lowest BCUT2D eigenvalue weighted by Crippen LogP contribution is -2.53. The topological polar surface area (TPSA) is 49.3 Å². The van der Waals surface area contributed by atoms with Crippen LogP contribution in [0.15, 0.2) is 0 Å². The quantitative estimate of drug-likeness (QED) is 0.595. The molecular weight excluding hydrogens is 186 g/mol. The van der Waals surface area contributed by atoms with Crippen LogP contribution < -0.4 is 5.32 Å². The number of thiol groups is 1. The van der Waals surface area contributed by atoms with Crippen LogP contribution in [0.3, 0.4) is 0 Å². The van der Waals surface area contributed by atoms with Crippen LogP contribution in [0.25, 0.3) is 0 Å². The van der Waals surface area contributed by atoms with Gasteiger partial charge in [-0.25, -0.2) is 0 Å². The Bertz CT molecular complexity index is 180. The predicted molar refractivity (Wildman–Crippen MR) is 57.3 cm³/mol. The molecule has 1 atom stereocenters. The second-order valence-corrected chi connectivity index (χ2v) is 4.46. The van der Waals surface area contributed by atoms with E-state index in [4.69, 9.17) is 5.11 Å². The van der Waals surface area contributed by atoms with Gasteiger partial charge in [0.25, 0.3) is 0 Å². The molecule has 0 heterocycles. The molecule has 0 bridgehead atoms. The molecule has 0 aromatic rings. The molecule has 0 fully saturated rings. The number of hydrogen-bond acceptors (Lipinski definition) is 3. The number of carboxylic acid groups (broad SMARTS) is 1. The van der Waals surface area contributed by atoms with Crippen molar-refractivity contribution in [1.82, 2.24) is 5.32 Å². The van der Waals surface area contributed by atoms with Gasteiger partial charge in [-0.05, 0) is 19.8 Å². The lowest BCUT2D eigenvalue weighted by molar-refractivity contribution is -0.139. The Morgan fingerprint density at radius 3 is 2.23 bits per heavy atom. The first kappa shape index (κ1) is 12.8. The van der Waals surface area contributed by atoms with Gasteiger partial charge in [-0.15, -0.1) is 0 Å². The highest BCUT2D eigenvalue weighted by Gasteiger charge is 2.28. The third-order valence-corrected chi connectivity index (χ3v) is 2.84. The molecule has 0 unspecified atom stereocenters. The normalized spacial score (nSPS) is 14.6. The molecule has 4 heteroatoms. The summed E-state index contributed by atoms with van der Waals surface area (Å²) in [4.78, 5) is 10.7. The fourth-order valence-corrected chi connectivity index (χ4v) is 1.05. The van der Waals surface area contributed by atoms with Gasteiger partial charge in [0.05, 0.1) is 0 Å². The van der Waals surface area contributed by atoms with Gasteiger partial charge in [-0.3, -0.25) is 10.1 Å². The maximum Gasteiger partial charge on any atom is 0.321 e. The van der Waals surface area contributed by atoms with Crippen molar-refractivity contribution >= 4 is 18.6 Å². The van der Waals surface area contributed by atoms with Gasteiger partial charge in [-0.2, -0.15) is 12.6 Å². The Hall–Kier alpha value is -0.220. The molecule has 0 rings (SSSR count). The minimum atomic E-state index is -0.844. The minimum absolute atomic E-state index is 0.175. The van der Waals surface area contributed by atoms with E-state index >= 15 is 0 Å². The average Bonchev–Trinajstić information content (AvgIpc) is 1.99. The summed E-state index contributed by atoms with van der Waals surface area (Å²) in [6.07, 6.45) is 0. The van der Waals surface area contributed by atoms with Gasteiger partial charge in [0.2, 0.25) is 0 Å². The molecule has 0 aromatic heterocycles. The van der Waals surface area contributed by atoms with Crippen molar-refractivity contribution in [2.45, 2.75) is 39.3 Å². The molecule has 0 aliphatic rings. The number of carboxylic acids is 1. The molecule has 0 aliphatic carbocycles. The van der Waals surface area contributed by atoms with Crippen molar-refractivity contribution in [3.8, 4) is 0 Å². The number of rotatable bonds is 5. The smallest absolute Gasteiger partial charge is 0.321 e. The van der Waals surface area contributed by atoms with Crippen LogP contribution in [0.1, 0.15) is 27.7 Å². The third kappa shape index (κ3) is 4.00. The summed E-state index contributed by atoms with van der Waals surface area (Å²) in [5.74, 6) is -0.149. The minimum Gasteiger partial charge on any atom is -0.480 e. The van der Waals surface area contributed by atoms with E-state index in [1.807, 2.05) is 13.8 Å². The fourth-order valence-electron chi connectivity index (χ4n) is 0.801. The highest BCUT2D eigenvalue weighted by Crippen LogP contribution is 2.16. The first-order valence-corrected chi connectivity index (χ1v) is 5.06. The zero-order valence-electron chi connectivity index (χ0n) is 8.66. The van der Waals surface area contributed by atoms with E-state index in [2.05, 4.69) is 31.8 Å². The van der Waals surface area contributed by atoms with Gasteiger partial charge in [0.1, 0.15) is 6.04 Å². The number of hydrogen-bond donors (Lipinski definition) is 3. The summed E-state index contributed by atoms with van der Waals surface area (Å²) in [6.45, 7) is 8.11. The first-order chi connectivity index (χ1) is 5.81. The first-order valence-electron chi connectivity index (χ1n) is 4.42. The van der Waals surface area contributed by atoms with E-state index in [0.29, 0.717) is 11.7 Å². The standard InChI is InChI=1S/C9H19NO2S/c1-6(2)9(3,4)10-7(5-13)8(11)12/h6-7,10,13H,5H2,1-4H3,(H,11,12)/t7-/m0/s1. The molecule has 13 heavy (non-hydrogen) atoms. The number of carbonyl (C=O) groups is 1. The average molecular weight is 205 g/mol. The summed E-state index contributed by atoms with van der Waals surface area (Å²) in [6, 6.07) is -0.569. The highest BCUT2D eigenvalue weighted by molar-refractivity contribution is 7.80. The molecule has 0 aromatic carbocycles. The molecule has 78 valence electrons. The Morgan fingerprint density at radius 1 is 1.54 bits per heavy atom. The van der Waals surface area contributed by atoms with E-state index in [0.717, 1.165) is 0 Å². The van der Waals surface area contributed by atoms with Crippen molar-refractivity contribution < 1.29 is 9.90 Å². The second kappa shape index (κ2) is 4.86. The van der Waals surface area contributed by atoms with E-state index in [1.54, 1.807) is 0 Å². The van der Waals surface area contributed by atoms with Gasteiger partial charge in [0, 0.05) is 11.3 Å². The molecular formula is C9H19NO2S. The Labute approximate surface area is 85.3 Å². The molecule has 3 nitrogen and oxygen atoms in total. The number of aliphatic carboxylic acids is 1. The lowest BCUT2D eigenvalue weighted by atomic mass is 9.90. The van der Waals surface area contributed by atoms with Gasteiger partial charge in [0.15, 0.2) is 0 Å². The molecule has 2 N–H and O–H groups in total. The van der Waals surface area contributed by atoms with Crippen LogP contribution in [0.4, 0.5) is 0 Å². The van der Waals surface area contributed by atoms with Crippen LogP contribution in [0, 0.1) is 5.92 Å². The fraction of sp³-hybridized carbons (Fsp3) is 0.889. The monoisotopic (exact) mass is 205 g/mol. The molecule has 0 radical (unpaired) electrons. The summed E-state index contributed by atoms with van der Waals surface area (Å²) < 4.78 is 0. The molecule has 0 saturated heterocycles. The lowest BCUT2D eigenvalue weighted by Gasteiger charge is -2.33. The largest absolute Gasteiger partial charge is 0.480 e. The van der Waals surface area contributed by atoms with Gasteiger partial charge >= 0.3 is 5.97 Å². The third-order valence-electron chi connectivity index (χ3n) is 2.47. The van der Waals surface area contributed by atoms with Crippen LogP contribution in [-0.2, 0) is 4.79 Å². The van der Waals surface area contributed by atoms with E-state index in [9.17, 15) is 4.79 Å². The maximum atomic E-state index is 10.7. The van der Waals surface area contributed by atoms with Crippen molar-refractivity contribution in [3.63, 3.8) is 0 Å². The van der Waals surface area contributed by atoms with E-state index in [-0.39, 0.29) is 5.54 Å². The van der Waals surface area contributed by atoms with Crippen LogP contribution >= 0.6 is 12.6 Å². The molecule has 0 amide bonds. The van der Waals surface area contributed by atoms with Crippen LogP contribution in [0.5, 0.6) is 0 Å². The summed E-state index contributed by atoms with van der Waals surface area (Å²) in [5.41, 5.74) is -0.175. The molecule has 0 saturated carbocycles. The summed E-state index contributed by atoms with van der Waals surface area (Å²) >= 11 is 3.99. The van der Waals surface area contributed by atoms with Crippen LogP contribution in [-0.4, -0.2) is 28.4 Å². The maximum absolute atomic E-state index is 10.7. The Balaban J connectivity index is 4.30. The SMILES string of the molecule is CC(C)C(C)(C)N[C@@H](CS)C(=O)O. The van der Waals surface area contributed by atoms with Crippen molar-refractivity contribution in [2.75, 3.05) is 5.75 Å². The van der Waals surface area contributed by atoms with E-state index in [1.165, 1.54) is 0 Å². The van der Waals surface area contributed by atoms with Crippen molar-refractivity contribution in [1.29, 1.82) is 0 Å². The summed E-state index contributed by atoms with van der Waals surface area (Å²) in [5, 5.41) is 11.9. The Kier molecular flexibility index (Phi) is 4.78. The highest BCUT2D eigenvalue weighted by atomic mass is 32.1. The summed E-state index contributed by atoms with van der Waals surface area (Å²) in [7, 11) is 0. The second-order valence-electron chi connectivity index (χ2n) is 4.09. The van der Waals surface area contributed by atoms with Crippen molar-refractivity contribution in [3.05, 3.63) is 0 Å². The zero-order chi connectivity index (χ0) is 10.6. The van der Waals surface area contributed by atoms with E-state index < -0.39 is 12.0 Å². The van der Waals surface area contributed by atoms with Crippen LogP contribution in [0.2, 0.25) is 0 Å². The zero-order valence-corrected chi connectivity index (χ0v) is 9.56. The van der Waals surface area contributed by atoms with Gasteiger partial charge in [-0.1, -0.05) is 13.8 Å². The predicted octanol–water partition coefficient (Wildman–Crippen LogP) is 1.39. The molecule has 0 aliphatic heterocycles. The number of nitrogens with one attached hydrogen (secondary N) is 1. The Morgan fingerprint density at radius 2 is 2.00 bits per heavy atom.